The maximum absolute atomic E-state index is 11.7. The minimum Gasteiger partial charge on any atom is -0.465 e. The first-order valence-corrected chi connectivity index (χ1v) is 6.19. The predicted molar refractivity (Wildman–Crippen MR) is 62.1 cm³/mol. The summed E-state index contributed by atoms with van der Waals surface area (Å²) in [6.45, 7) is 7.44. The van der Waals surface area contributed by atoms with Crippen molar-refractivity contribution in [3.05, 3.63) is 0 Å². The molecule has 4 heteroatoms. The third-order valence-corrected chi connectivity index (χ3v) is 3.21. The summed E-state index contributed by atoms with van der Waals surface area (Å²) in [5.41, 5.74) is -0.585. The Morgan fingerprint density at radius 3 is 2.50 bits per heavy atom. The maximum atomic E-state index is 11.7. The van der Waals surface area contributed by atoms with Crippen LogP contribution in [0.4, 0.5) is 0 Å². The van der Waals surface area contributed by atoms with Gasteiger partial charge in [0, 0.05) is 13.1 Å². The van der Waals surface area contributed by atoms with Gasteiger partial charge in [-0.1, -0.05) is 20.3 Å². The van der Waals surface area contributed by atoms with Gasteiger partial charge in [0.2, 0.25) is 0 Å². The SMILES string of the molecule is CCCC(C(=O)OCC)N1CC(O)(CC)C1. The summed E-state index contributed by atoms with van der Waals surface area (Å²) in [5, 5.41) is 9.92. The van der Waals surface area contributed by atoms with Crippen molar-refractivity contribution < 1.29 is 14.6 Å². The monoisotopic (exact) mass is 229 g/mol. The highest BCUT2D eigenvalue weighted by Crippen LogP contribution is 2.28. The molecule has 0 amide bonds. The van der Waals surface area contributed by atoms with Crippen LogP contribution in [0.1, 0.15) is 40.0 Å². The molecule has 0 aromatic rings. The van der Waals surface area contributed by atoms with Crippen molar-refractivity contribution in [3.63, 3.8) is 0 Å². The second kappa shape index (κ2) is 5.64. The average Bonchev–Trinajstić information content (AvgIpc) is 2.22. The van der Waals surface area contributed by atoms with Gasteiger partial charge < -0.3 is 9.84 Å². The maximum Gasteiger partial charge on any atom is 0.323 e. The van der Waals surface area contributed by atoms with Gasteiger partial charge in [0.15, 0.2) is 0 Å². The van der Waals surface area contributed by atoms with Gasteiger partial charge in [-0.05, 0) is 19.8 Å². The molecule has 1 aliphatic rings. The number of rotatable bonds is 6. The second-order valence-corrected chi connectivity index (χ2v) is 4.54. The Kier molecular flexibility index (Phi) is 4.74. The molecule has 0 spiro atoms. The standard InChI is InChI=1S/C12H23NO3/c1-4-7-10(11(14)16-6-3)13-8-12(15,5-2)9-13/h10,15H,4-9H2,1-3H3. The largest absolute Gasteiger partial charge is 0.465 e. The van der Waals surface area contributed by atoms with Gasteiger partial charge >= 0.3 is 5.97 Å². The number of ether oxygens (including phenoxy) is 1. The van der Waals surface area contributed by atoms with Gasteiger partial charge in [0.1, 0.15) is 6.04 Å². The molecule has 4 nitrogen and oxygen atoms in total. The summed E-state index contributed by atoms with van der Waals surface area (Å²) < 4.78 is 5.05. The molecule has 0 saturated carbocycles. The Labute approximate surface area is 97.6 Å². The topological polar surface area (TPSA) is 49.8 Å². The van der Waals surface area contributed by atoms with Crippen molar-refractivity contribution in [2.24, 2.45) is 0 Å². The number of hydrogen-bond acceptors (Lipinski definition) is 4. The van der Waals surface area contributed by atoms with E-state index in [0.29, 0.717) is 19.7 Å². The number of carbonyl (C=O) groups is 1. The minimum atomic E-state index is -0.585. The first-order chi connectivity index (χ1) is 7.56. The summed E-state index contributed by atoms with van der Waals surface area (Å²) in [6, 6.07) is -0.170. The lowest BCUT2D eigenvalue weighted by Crippen LogP contribution is -2.65. The van der Waals surface area contributed by atoms with Crippen LogP contribution in [0.25, 0.3) is 0 Å². The number of aliphatic hydroxyl groups is 1. The zero-order chi connectivity index (χ0) is 12.2. The van der Waals surface area contributed by atoms with E-state index >= 15 is 0 Å². The van der Waals surface area contributed by atoms with E-state index in [-0.39, 0.29) is 12.0 Å². The summed E-state index contributed by atoms with van der Waals surface area (Å²) in [7, 11) is 0. The first-order valence-electron chi connectivity index (χ1n) is 6.19. The molecule has 94 valence electrons. The van der Waals surface area contributed by atoms with Gasteiger partial charge in [-0.25, -0.2) is 0 Å². The number of esters is 1. The fourth-order valence-corrected chi connectivity index (χ4v) is 2.12. The van der Waals surface area contributed by atoms with Crippen molar-refractivity contribution in [2.45, 2.75) is 51.7 Å². The van der Waals surface area contributed by atoms with Crippen molar-refractivity contribution in [2.75, 3.05) is 19.7 Å². The van der Waals surface area contributed by atoms with Crippen LogP contribution < -0.4 is 0 Å². The molecule has 0 bridgehead atoms. The zero-order valence-corrected chi connectivity index (χ0v) is 10.5. The van der Waals surface area contributed by atoms with E-state index in [0.717, 1.165) is 19.3 Å². The lowest BCUT2D eigenvalue weighted by molar-refractivity contribution is -0.164. The molecule has 0 aliphatic carbocycles. The number of likely N-dealkylation sites (tertiary alicyclic amines) is 1. The summed E-state index contributed by atoms with van der Waals surface area (Å²) in [6.07, 6.45) is 2.49. The molecule has 1 heterocycles. The van der Waals surface area contributed by atoms with E-state index in [1.807, 2.05) is 18.7 Å². The molecule has 16 heavy (non-hydrogen) atoms. The van der Waals surface area contributed by atoms with Crippen molar-refractivity contribution in [3.8, 4) is 0 Å². The molecule has 0 radical (unpaired) electrons. The molecule has 1 fully saturated rings. The van der Waals surface area contributed by atoms with E-state index in [1.54, 1.807) is 0 Å². The van der Waals surface area contributed by atoms with Crippen molar-refractivity contribution in [1.29, 1.82) is 0 Å². The quantitative estimate of drug-likeness (QED) is 0.695. The van der Waals surface area contributed by atoms with E-state index in [1.165, 1.54) is 0 Å². The molecule has 1 aliphatic heterocycles. The fraction of sp³-hybridized carbons (Fsp3) is 0.917. The van der Waals surface area contributed by atoms with E-state index in [9.17, 15) is 9.90 Å². The van der Waals surface area contributed by atoms with Gasteiger partial charge in [0.05, 0.1) is 12.2 Å². The Hall–Kier alpha value is -0.610. The van der Waals surface area contributed by atoms with E-state index in [2.05, 4.69) is 6.92 Å². The first kappa shape index (κ1) is 13.5. The van der Waals surface area contributed by atoms with Crippen LogP contribution in [-0.2, 0) is 9.53 Å². The summed E-state index contributed by atoms with van der Waals surface area (Å²) in [5.74, 6) is -0.150. The van der Waals surface area contributed by atoms with Crippen molar-refractivity contribution >= 4 is 5.97 Å². The van der Waals surface area contributed by atoms with Crippen LogP contribution in [-0.4, -0.2) is 47.3 Å². The van der Waals surface area contributed by atoms with Crippen molar-refractivity contribution in [1.82, 2.24) is 4.90 Å². The molecule has 1 rings (SSSR count). The number of nitrogens with zero attached hydrogens (tertiary/aromatic N) is 1. The second-order valence-electron chi connectivity index (χ2n) is 4.54. The molecular formula is C12H23NO3. The smallest absolute Gasteiger partial charge is 0.323 e. The number of β-amino-alcohol motifs (C(OH)–C–C–N with tert-alkyl or cyclic N) is 1. The zero-order valence-electron chi connectivity index (χ0n) is 10.5. The Balaban J connectivity index is 2.50. The fourth-order valence-electron chi connectivity index (χ4n) is 2.12. The molecular weight excluding hydrogens is 206 g/mol. The van der Waals surface area contributed by atoms with Gasteiger partial charge in [-0.15, -0.1) is 0 Å². The molecule has 0 aromatic carbocycles. The van der Waals surface area contributed by atoms with Crippen LogP contribution >= 0.6 is 0 Å². The minimum absolute atomic E-state index is 0.150. The highest BCUT2D eigenvalue weighted by molar-refractivity contribution is 5.76. The highest BCUT2D eigenvalue weighted by atomic mass is 16.5. The third kappa shape index (κ3) is 2.95. The Bertz CT molecular complexity index is 236. The molecule has 1 unspecified atom stereocenters. The lowest BCUT2D eigenvalue weighted by Gasteiger charge is -2.49. The van der Waals surface area contributed by atoms with Crippen LogP contribution in [0.15, 0.2) is 0 Å². The van der Waals surface area contributed by atoms with Crippen LogP contribution in [0.3, 0.4) is 0 Å². The van der Waals surface area contributed by atoms with Crippen LogP contribution in [0.2, 0.25) is 0 Å². The lowest BCUT2D eigenvalue weighted by atomic mass is 9.89. The Morgan fingerprint density at radius 2 is 2.06 bits per heavy atom. The van der Waals surface area contributed by atoms with Crippen LogP contribution in [0.5, 0.6) is 0 Å². The molecule has 1 N–H and O–H groups in total. The average molecular weight is 229 g/mol. The van der Waals surface area contributed by atoms with Crippen LogP contribution in [0, 0.1) is 0 Å². The predicted octanol–water partition coefficient (Wildman–Crippen LogP) is 1.17. The Morgan fingerprint density at radius 1 is 1.44 bits per heavy atom. The molecule has 1 atom stereocenters. The number of carbonyl (C=O) groups excluding carboxylic acids is 1. The van der Waals surface area contributed by atoms with E-state index < -0.39 is 5.60 Å². The summed E-state index contributed by atoms with van der Waals surface area (Å²) >= 11 is 0. The normalized spacial score (nSPS) is 21.2. The molecule has 1 saturated heterocycles. The number of hydrogen-bond donors (Lipinski definition) is 1. The van der Waals surface area contributed by atoms with E-state index in [4.69, 9.17) is 4.74 Å². The third-order valence-electron chi connectivity index (χ3n) is 3.21. The highest BCUT2D eigenvalue weighted by Gasteiger charge is 2.44. The van der Waals surface area contributed by atoms with Gasteiger partial charge in [-0.3, -0.25) is 9.69 Å². The molecule has 0 aromatic heterocycles. The summed E-state index contributed by atoms with van der Waals surface area (Å²) in [4.78, 5) is 13.7. The van der Waals surface area contributed by atoms with Gasteiger partial charge in [-0.2, -0.15) is 0 Å². The van der Waals surface area contributed by atoms with Gasteiger partial charge in [0.25, 0.3) is 0 Å².